The van der Waals surface area contributed by atoms with Crippen LogP contribution in [0.5, 0.6) is 0 Å². The lowest BCUT2D eigenvalue weighted by Crippen LogP contribution is -2.36. The smallest absolute Gasteiger partial charge is 0.263 e. The van der Waals surface area contributed by atoms with E-state index in [9.17, 15) is 12.8 Å². The van der Waals surface area contributed by atoms with E-state index in [0.29, 0.717) is 19.4 Å². The third-order valence-corrected chi connectivity index (χ3v) is 6.23. The summed E-state index contributed by atoms with van der Waals surface area (Å²) < 4.78 is 41.7. The Labute approximate surface area is 140 Å². The summed E-state index contributed by atoms with van der Waals surface area (Å²) in [6, 6.07) is 17.3. The molecule has 0 N–H and O–H groups in total. The molecule has 0 fully saturated rings. The maximum absolute atomic E-state index is 14.3. The Balaban J connectivity index is 1.86. The molecule has 0 unspecified atom stereocenters. The largest absolute Gasteiger partial charge is 0.264 e. The number of para-hydroxylation sites is 1. The molecule has 0 aromatic heterocycles. The molecule has 0 saturated heterocycles. The second kappa shape index (κ2) is 5.60. The van der Waals surface area contributed by atoms with Crippen LogP contribution in [-0.4, -0.2) is 15.0 Å². The molecule has 0 radical (unpaired) electrons. The van der Waals surface area contributed by atoms with Crippen molar-refractivity contribution in [3.8, 4) is 0 Å². The quantitative estimate of drug-likeness (QED) is 0.703. The zero-order valence-corrected chi connectivity index (χ0v) is 13.8. The summed E-state index contributed by atoms with van der Waals surface area (Å²) in [5, 5.41) is 1.83. The van der Waals surface area contributed by atoms with E-state index in [4.69, 9.17) is 0 Å². The van der Waals surface area contributed by atoms with Crippen molar-refractivity contribution in [2.45, 2.75) is 17.7 Å². The third-order valence-electron chi connectivity index (χ3n) is 4.44. The third kappa shape index (κ3) is 2.36. The minimum atomic E-state index is -3.80. The van der Waals surface area contributed by atoms with E-state index in [1.165, 1.54) is 10.4 Å². The number of nitrogens with zero attached hydrogens (tertiary/aromatic N) is 1. The highest BCUT2D eigenvalue weighted by Gasteiger charge is 2.31. The second-order valence-electron chi connectivity index (χ2n) is 5.94. The molecule has 1 heterocycles. The van der Waals surface area contributed by atoms with E-state index < -0.39 is 15.8 Å². The molecule has 0 amide bonds. The molecule has 5 heteroatoms. The summed E-state index contributed by atoms with van der Waals surface area (Å²) in [7, 11) is -3.80. The van der Waals surface area contributed by atoms with Gasteiger partial charge in [-0.15, -0.1) is 0 Å². The number of anilines is 1. The Kier molecular flexibility index (Phi) is 3.53. The van der Waals surface area contributed by atoms with Gasteiger partial charge < -0.3 is 0 Å². The van der Waals surface area contributed by atoms with E-state index in [-0.39, 0.29) is 10.6 Å². The van der Waals surface area contributed by atoms with Gasteiger partial charge in [0, 0.05) is 6.54 Å². The van der Waals surface area contributed by atoms with Crippen LogP contribution in [0, 0.1) is 5.82 Å². The number of hydrogen-bond acceptors (Lipinski definition) is 2. The number of benzene rings is 3. The van der Waals surface area contributed by atoms with E-state index in [2.05, 4.69) is 0 Å². The van der Waals surface area contributed by atoms with Crippen LogP contribution in [0.4, 0.5) is 10.1 Å². The molecular weight excluding hydrogens is 325 g/mol. The van der Waals surface area contributed by atoms with Gasteiger partial charge >= 0.3 is 0 Å². The molecule has 3 nitrogen and oxygen atoms in total. The van der Waals surface area contributed by atoms with Crippen molar-refractivity contribution < 1.29 is 12.8 Å². The maximum atomic E-state index is 14.3. The first kappa shape index (κ1) is 15.1. The van der Waals surface area contributed by atoms with Gasteiger partial charge in [0.1, 0.15) is 5.82 Å². The summed E-state index contributed by atoms with van der Waals surface area (Å²) in [4.78, 5) is 0.192. The van der Waals surface area contributed by atoms with Crippen LogP contribution in [-0.2, 0) is 16.4 Å². The fourth-order valence-corrected chi connectivity index (χ4v) is 4.85. The average Bonchev–Trinajstić information content (AvgIpc) is 2.61. The van der Waals surface area contributed by atoms with Gasteiger partial charge in [0.15, 0.2) is 0 Å². The fourth-order valence-electron chi connectivity index (χ4n) is 3.26. The summed E-state index contributed by atoms with van der Waals surface area (Å²) in [5.74, 6) is -0.489. The highest BCUT2D eigenvalue weighted by Crippen LogP contribution is 2.34. The molecule has 24 heavy (non-hydrogen) atoms. The highest BCUT2D eigenvalue weighted by atomic mass is 32.2. The molecular formula is C19H16FNO2S. The molecule has 1 aliphatic heterocycles. The number of aryl methyl sites for hydroxylation is 1. The summed E-state index contributed by atoms with van der Waals surface area (Å²) >= 11 is 0. The highest BCUT2D eigenvalue weighted by molar-refractivity contribution is 7.92. The van der Waals surface area contributed by atoms with Crippen molar-refractivity contribution in [3.63, 3.8) is 0 Å². The summed E-state index contributed by atoms with van der Waals surface area (Å²) in [6.07, 6.45) is 1.38. The molecule has 3 aromatic rings. The second-order valence-corrected chi connectivity index (χ2v) is 7.80. The fraction of sp³-hybridized carbons (Fsp3) is 0.158. The van der Waals surface area contributed by atoms with Gasteiger partial charge in [0.2, 0.25) is 0 Å². The van der Waals surface area contributed by atoms with Crippen LogP contribution in [0.3, 0.4) is 0 Å². The van der Waals surface area contributed by atoms with Crippen LogP contribution in [0.2, 0.25) is 0 Å². The zero-order valence-electron chi connectivity index (χ0n) is 12.9. The van der Waals surface area contributed by atoms with Gasteiger partial charge in [-0.25, -0.2) is 12.8 Å². The molecule has 122 valence electrons. The normalized spacial score (nSPS) is 14.6. The first-order valence-corrected chi connectivity index (χ1v) is 9.30. The Hall–Kier alpha value is -2.40. The van der Waals surface area contributed by atoms with Crippen LogP contribution in [0.1, 0.15) is 12.0 Å². The predicted octanol–water partition coefficient (Wildman–Crippen LogP) is 4.12. The van der Waals surface area contributed by atoms with Crippen LogP contribution >= 0.6 is 0 Å². The van der Waals surface area contributed by atoms with Crippen molar-refractivity contribution in [2.24, 2.45) is 0 Å². The summed E-state index contributed by atoms with van der Waals surface area (Å²) in [6.45, 7) is 0.295. The number of hydrogen-bond donors (Lipinski definition) is 0. The predicted molar refractivity (Wildman–Crippen MR) is 93.2 cm³/mol. The molecule has 0 spiro atoms. The van der Waals surface area contributed by atoms with E-state index in [0.717, 1.165) is 16.3 Å². The minimum Gasteiger partial charge on any atom is -0.263 e. The lowest BCUT2D eigenvalue weighted by atomic mass is 10.0. The standard InChI is InChI=1S/C19H16FNO2S/c20-18-9-3-7-15-8-4-12-21(19(15)18)24(22,23)17-11-10-14-5-1-2-6-16(14)13-17/h1-3,5-7,9-11,13H,4,8,12H2. The number of fused-ring (bicyclic) bond motifs is 2. The Morgan fingerprint density at radius 1 is 0.917 bits per heavy atom. The van der Waals surface area contributed by atoms with Crippen molar-refractivity contribution in [3.05, 3.63) is 72.0 Å². The zero-order chi connectivity index (χ0) is 16.7. The Morgan fingerprint density at radius 2 is 1.71 bits per heavy atom. The molecule has 0 bridgehead atoms. The molecule has 1 aliphatic rings. The molecule has 3 aromatic carbocycles. The lowest BCUT2D eigenvalue weighted by molar-refractivity contribution is 0.577. The minimum absolute atomic E-state index is 0.192. The van der Waals surface area contributed by atoms with Gasteiger partial charge in [0.05, 0.1) is 10.6 Å². The monoisotopic (exact) mass is 341 g/mol. The topological polar surface area (TPSA) is 37.4 Å². The Bertz CT molecular complexity index is 1030. The average molecular weight is 341 g/mol. The number of rotatable bonds is 2. The van der Waals surface area contributed by atoms with Crippen molar-refractivity contribution in [1.29, 1.82) is 0 Å². The molecule has 4 rings (SSSR count). The van der Waals surface area contributed by atoms with Gasteiger partial charge in [-0.05, 0) is 47.4 Å². The first-order valence-electron chi connectivity index (χ1n) is 7.86. The Morgan fingerprint density at radius 3 is 2.54 bits per heavy atom. The van der Waals surface area contributed by atoms with Crippen molar-refractivity contribution in [2.75, 3.05) is 10.8 Å². The first-order chi connectivity index (χ1) is 11.6. The van der Waals surface area contributed by atoms with Gasteiger partial charge in [0.25, 0.3) is 10.0 Å². The number of halogens is 1. The van der Waals surface area contributed by atoms with Crippen LogP contribution in [0.15, 0.2) is 65.6 Å². The van der Waals surface area contributed by atoms with Crippen molar-refractivity contribution >= 4 is 26.5 Å². The van der Waals surface area contributed by atoms with Gasteiger partial charge in [-0.1, -0.05) is 42.5 Å². The van der Waals surface area contributed by atoms with E-state index in [1.54, 1.807) is 30.3 Å². The van der Waals surface area contributed by atoms with Crippen molar-refractivity contribution in [1.82, 2.24) is 0 Å². The molecule has 0 atom stereocenters. The van der Waals surface area contributed by atoms with Crippen LogP contribution in [0.25, 0.3) is 10.8 Å². The molecule has 0 saturated carbocycles. The SMILES string of the molecule is O=S(=O)(c1ccc2ccccc2c1)N1CCCc2cccc(F)c21. The van der Waals surface area contributed by atoms with E-state index >= 15 is 0 Å². The van der Waals surface area contributed by atoms with Crippen LogP contribution < -0.4 is 4.31 Å². The van der Waals surface area contributed by atoms with Gasteiger partial charge in [-0.3, -0.25) is 4.31 Å². The maximum Gasteiger partial charge on any atom is 0.264 e. The lowest BCUT2D eigenvalue weighted by Gasteiger charge is -2.30. The summed E-state index contributed by atoms with van der Waals surface area (Å²) in [5.41, 5.74) is 0.933. The van der Waals surface area contributed by atoms with Gasteiger partial charge in [-0.2, -0.15) is 0 Å². The van der Waals surface area contributed by atoms with E-state index in [1.807, 2.05) is 24.3 Å². The number of sulfonamides is 1. The molecule has 0 aliphatic carbocycles.